The van der Waals surface area contributed by atoms with Gasteiger partial charge in [0.15, 0.2) is 0 Å². The van der Waals surface area contributed by atoms with Crippen LogP contribution in [0.25, 0.3) is 5.69 Å². The Labute approximate surface area is 157 Å². The number of aromatic nitrogens is 2. The molecule has 0 saturated carbocycles. The number of nitrogens with one attached hydrogen (secondary N) is 1. The molecular formula is C17H22N4O5S. The topological polar surface area (TPSA) is 122 Å². The second kappa shape index (κ2) is 8.31. The highest BCUT2D eigenvalue weighted by Crippen LogP contribution is 2.18. The fourth-order valence-electron chi connectivity index (χ4n) is 2.67. The van der Waals surface area contributed by atoms with Gasteiger partial charge in [-0.05, 0) is 25.1 Å². The van der Waals surface area contributed by atoms with Gasteiger partial charge in [-0.1, -0.05) is 19.9 Å². The number of hydrogen-bond donors (Lipinski definition) is 2. The molecule has 0 radical (unpaired) electrons. The summed E-state index contributed by atoms with van der Waals surface area (Å²) in [6, 6.07) is 6.56. The minimum absolute atomic E-state index is 0.0785. The molecule has 146 valence electrons. The molecule has 2 rings (SSSR count). The zero-order valence-corrected chi connectivity index (χ0v) is 16.2. The molecule has 9 nitrogen and oxygen atoms in total. The number of carboxylic acid groups (broad SMARTS) is 1. The van der Waals surface area contributed by atoms with Gasteiger partial charge in [-0.15, -0.1) is 0 Å². The highest BCUT2D eigenvalue weighted by molar-refractivity contribution is 7.89. The lowest BCUT2D eigenvalue weighted by molar-refractivity contribution is -0.113. The lowest BCUT2D eigenvalue weighted by atomic mass is 10.2. The van der Waals surface area contributed by atoms with Gasteiger partial charge >= 0.3 is 5.97 Å². The molecule has 1 aromatic heterocycles. The lowest BCUT2D eigenvalue weighted by Gasteiger charge is -2.18. The fourth-order valence-corrected chi connectivity index (χ4v) is 4.04. The van der Waals surface area contributed by atoms with Crippen LogP contribution in [0.5, 0.6) is 0 Å². The summed E-state index contributed by atoms with van der Waals surface area (Å²) < 4.78 is 27.0. The first-order valence-corrected chi connectivity index (χ1v) is 9.96. The summed E-state index contributed by atoms with van der Waals surface area (Å²) in [7, 11) is -3.68. The van der Waals surface area contributed by atoms with Crippen LogP contribution in [0.4, 0.5) is 5.69 Å². The largest absolute Gasteiger partial charge is 0.478 e. The molecule has 10 heteroatoms. The van der Waals surface area contributed by atoms with E-state index >= 15 is 0 Å². The second-order valence-electron chi connectivity index (χ2n) is 5.80. The first-order valence-electron chi connectivity index (χ1n) is 8.35. The van der Waals surface area contributed by atoms with Crippen LogP contribution in [0.3, 0.4) is 0 Å². The second-order valence-corrected chi connectivity index (χ2v) is 7.77. The predicted molar refractivity (Wildman–Crippen MR) is 101 cm³/mol. The Morgan fingerprint density at radius 1 is 1.26 bits per heavy atom. The first-order chi connectivity index (χ1) is 12.7. The van der Waals surface area contributed by atoms with Gasteiger partial charge in [0.25, 0.3) is 0 Å². The van der Waals surface area contributed by atoms with E-state index in [9.17, 15) is 18.0 Å². The Kier molecular flexibility index (Phi) is 6.34. The van der Waals surface area contributed by atoms with E-state index < -0.39 is 27.7 Å². The van der Waals surface area contributed by atoms with Gasteiger partial charge in [0.1, 0.15) is 11.3 Å². The highest BCUT2D eigenvalue weighted by Gasteiger charge is 2.23. The van der Waals surface area contributed by atoms with E-state index in [1.807, 2.05) is 0 Å². The Morgan fingerprint density at radius 2 is 1.93 bits per heavy atom. The number of sulfonamides is 1. The molecule has 2 aromatic rings. The molecule has 1 heterocycles. The summed E-state index contributed by atoms with van der Waals surface area (Å²) in [5, 5.41) is 15.7. The summed E-state index contributed by atoms with van der Waals surface area (Å²) in [6.45, 7) is 5.64. The first kappa shape index (κ1) is 20.6. The lowest BCUT2D eigenvalue weighted by Crippen LogP contribution is -2.36. The quantitative estimate of drug-likeness (QED) is 0.700. The number of hydrogen-bond acceptors (Lipinski definition) is 5. The SMILES string of the molecule is CCN(CC)S(=O)(=O)CC(=O)Nc1cccc(-n2ncc(C(=O)O)c2C)c1. The Morgan fingerprint density at radius 3 is 2.48 bits per heavy atom. The van der Waals surface area contributed by atoms with Crippen molar-refractivity contribution < 1.29 is 23.1 Å². The summed E-state index contributed by atoms with van der Waals surface area (Å²) in [5.41, 5.74) is 1.45. The molecule has 0 aliphatic rings. The molecule has 0 aliphatic heterocycles. The number of benzene rings is 1. The summed E-state index contributed by atoms with van der Waals surface area (Å²) in [4.78, 5) is 23.3. The molecule has 1 aromatic carbocycles. The van der Waals surface area contributed by atoms with Crippen molar-refractivity contribution in [1.29, 1.82) is 0 Å². The molecular weight excluding hydrogens is 372 g/mol. The molecule has 0 aliphatic carbocycles. The maximum absolute atomic E-state index is 12.2. The number of anilines is 1. The third kappa shape index (κ3) is 4.72. The van der Waals surface area contributed by atoms with Crippen LogP contribution < -0.4 is 5.32 Å². The van der Waals surface area contributed by atoms with Crippen LogP contribution >= 0.6 is 0 Å². The van der Waals surface area contributed by atoms with Gasteiger partial charge in [0.05, 0.1) is 17.6 Å². The molecule has 2 N–H and O–H groups in total. The van der Waals surface area contributed by atoms with Gasteiger partial charge in [0.2, 0.25) is 15.9 Å². The summed E-state index contributed by atoms with van der Waals surface area (Å²) >= 11 is 0. The number of aromatic carboxylic acids is 1. The number of amides is 1. The smallest absolute Gasteiger partial charge is 0.339 e. The van der Waals surface area contributed by atoms with Gasteiger partial charge in [0, 0.05) is 18.8 Å². The average Bonchev–Trinajstić information content (AvgIpc) is 2.97. The third-order valence-corrected chi connectivity index (χ3v) is 5.96. The number of nitrogens with zero attached hydrogens (tertiary/aromatic N) is 3. The monoisotopic (exact) mass is 394 g/mol. The number of rotatable bonds is 8. The van der Waals surface area contributed by atoms with Gasteiger partial charge in [-0.2, -0.15) is 5.10 Å². The number of carbonyl (C=O) groups excluding carboxylic acids is 1. The van der Waals surface area contributed by atoms with Crippen molar-refractivity contribution in [1.82, 2.24) is 14.1 Å². The van der Waals surface area contributed by atoms with Crippen LogP contribution in [0.1, 0.15) is 29.9 Å². The van der Waals surface area contributed by atoms with Crippen molar-refractivity contribution in [2.75, 3.05) is 24.2 Å². The third-order valence-electron chi connectivity index (χ3n) is 4.03. The van der Waals surface area contributed by atoms with Gasteiger partial charge < -0.3 is 10.4 Å². The fraction of sp³-hybridized carbons (Fsp3) is 0.353. The molecule has 1 amide bonds. The van der Waals surface area contributed by atoms with E-state index in [4.69, 9.17) is 5.11 Å². The van der Waals surface area contributed by atoms with Crippen LogP contribution in [-0.2, 0) is 14.8 Å². The van der Waals surface area contributed by atoms with Crippen LogP contribution in [0.2, 0.25) is 0 Å². The van der Waals surface area contributed by atoms with Crippen molar-refractivity contribution in [3.8, 4) is 5.69 Å². The van der Waals surface area contributed by atoms with Gasteiger partial charge in [-0.25, -0.2) is 22.2 Å². The Bertz CT molecular complexity index is 948. The zero-order valence-electron chi connectivity index (χ0n) is 15.3. The standard InChI is InChI=1S/C17H22N4O5S/c1-4-20(5-2)27(25,26)11-16(22)19-13-7-6-8-14(9-13)21-12(3)15(10-18-21)17(23)24/h6-10H,4-5,11H2,1-3H3,(H,19,22)(H,23,24). The Balaban J connectivity index is 2.19. The average molecular weight is 394 g/mol. The van der Waals surface area contributed by atoms with E-state index in [-0.39, 0.29) is 5.56 Å². The van der Waals surface area contributed by atoms with E-state index in [0.29, 0.717) is 30.2 Å². The van der Waals surface area contributed by atoms with E-state index in [1.165, 1.54) is 15.2 Å². The molecule has 0 fully saturated rings. The van der Waals surface area contributed by atoms with Crippen molar-refractivity contribution in [2.45, 2.75) is 20.8 Å². The van der Waals surface area contributed by atoms with Gasteiger partial charge in [-0.3, -0.25) is 4.79 Å². The normalized spacial score (nSPS) is 11.6. The van der Waals surface area contributed by atoms with E-state index in [0.717, 1.165) is 0 Å². The molecule has 27 heavy (non-hydrogen) atoms. The maximum atomic E-state index is 12.2. The van der Waals surface area contributed by atoms with Crippen LogP contribution in [0, 0.1) is 6.92 Å². The van der Waals surface area contributed by atoms with Crippen molar-refractivity contribution in [3.63, 3.8) is 0 Å². The van der Waals surface area contributed by atoms with Crippen molar-refractivity contribution in [3.05, 3.63) is 41.7 Å². The molecule has 0 bridgehead atoms. The number of carboxylic acids is 1. The maximum Gasteiger partial charge on any atom is 0.339 e. The zero-order chi connectivity index (χ0) is 20.2. The van der Waals surface area contributed by atoms with Crippen molar-refractivity contribution in [2.24, 2.45) is 0 Å². The summed E-state index contributed by atoms with van der Waals surface area (Å²) in [5.74, 6) is -2.38. The Hall–Kier alpha value is -2.72. The number of carbonyl (C=O) groups is 2. The molecule has 0 spiro atoms. The van der Waals surface area contributed by atoms with E-state index in [2.05, 4.69) is 10.4 Å². The highest BCUT2D eigenvalue weighted by atomic mass is 32.2. The van der Waals surface area contributed by atoms with Crippen LogP contribution in [-0.4, -0.2) is 58.3 Å². The minimum Gasteiger partial charge on any atom is -0.478 e. The minimum atomic E-state index is -3.68. The molecule has 0 saturated heterocycles. The summed E-state index contributed by atoms with van der Waals surface area (Å²) in [6.07, 6.45) is 1.25. The van der Waals surface area contributed by atoms with E-state index in [1.54, 1.807) is 45.0 Å². The molecule has 0 atom stereocenters. The molecule has 0 unspecified atom stereocenters. The van der Waals surface area contributed by atoms with Crippen LogP contribution in [0.15, 0.2) is 30.5 Å². The van der Waals surface area contributed by atoms with Crippen molar-refractivity contribution >= 4 is 27.6 Å². The predicted octanol–water partition coefficient (Wildman–Crippen LogP) is 1.49.